The largest absolute Gasteiger partial charge is 0.459 e. The summed E-state index contributed by atoms with van der Waals surface area (Å²) in [4.78, 5) is 16.7. The van der Waals surface area contributed by atoms with Gasteiger partial charge in [-0.3, -0.25) is 0 Å². The van der Waals surface area contributed by atoms with Crippen LogP contribution in [0, 0.1) is 6.67 Å². The van der Waals surface area contributed by atoms with Crippen LogP contribution >= 0.6 is 0 Å². The molecule has 39 heavy (non-hydrogen) atoms. The second-order valence-corrected chi connectivity index (χ2v) is 10.8. The third-order valence-corrected chi connectivity index (χ3v) is 7.10. The van der Waals surface area contributed by atoms with E-state index in [0.29, 0.717) is 25.3 Å². The van der Waals surface area contributed by atoms with Crippen LogP contribution in [0.2, 0.25) is 0 Å². The van der Waals surface area contributed by atoms with E-state index in [1.165, 1.54) is 83.5 Å². The molecule has 0 aliphatic carbocycles. The Morgan fingerprint density at radius 2 is 1.46 bits per heavy atom. The van der Waals surface area contributed by atoms with Gasteiger partial charge in [0.15, 0.2) is 0 Å². The Kier molecular flexibility index (Phi) is 18.5. The third-order valence-electron chi connectivity index (χ3n) is 7.10. The van der Waals surface area contributed by atoms with Gasteiger partial charge in [-0.15, -0.1) is 0 Å². The highest BCUT2D eigenvalue weighted by Crippen LogP contribution is 2.16. The molecule has 6 heteroatoms. The van der Waals surface area contributed by atoms with Crippen molar-refractivity contribution in [3.8, 4) is 0 Å². The number of carbonyl (C=O) groups excluding carboxylic acids is 1. The van der Waals surface area contributed by atoms with Crippen LogP contribution in [0.4, 0.5) is 0 Å². The van der Waals surface area contributed by atoms with Gasteiger partial charge < -0.3 is 24.0 Å². The highest BCUT2D eigenvalue weighted by molar-refractivity contribution is 5.89. The van der Waals surface area contributed by atoms with Gasteiger partial charge in [-0.1, -0.05) is 103 Å². The lowest BCUT2D eigenvalue weighted by atomic mass is 10.0. The number of nitrogens with zero attached hydrogens (tertiary/aromatic N) is 2. The average molecular weight is 544 g/mol. The van der Waals surface area contributed by atoms with E-state index in [4.69, 9.17) is 14.2 Å². The van der Waals surface area contributed by atoms with Crippen LogP contribution in [0.25, 0.3) is 0 Å². The fourth-order valence-corrected chi connectivity index (χ4v) is 4.85. The number of rotatable bonds is 24. The van der Waals surface area contributed by atoms with E-state index in [1.54, 1.807) is 6.07 Å². The van der Waals surface area contributed by atoms with Gasteiger partial charge in [0.2, 0.25) is 0 Å². The molecule has 0 fully saturated rings. The van der Waals surface area contributed by atoms with Crippen LogP contribution in [0.15, 0.2) is 36.7 Å². The molecule has 1 radical (unpaired) electrons. The van der Waals surface area contributed by atoms with E-state index in [2.05, 4.69) is 11.8 Å². The Morgan fingerprint density at radius 1 is 0.821 bits per heavy atom. The molecule has 0 saturated heterocycles. The summed E-state index contributed by atoms with van der Waals surface area (Å²) in [6.45, 7) is 8.89. The smallest absolute Gasteiger partial charge is 0.338 e. The molecular weight excluding hydrogens is 488 g/mol. The molecule has 1 aromatic rings. The molecule has 0 spiro atoms. The first-order chi connectivity index (χ1) is 19.1. The normalized spacial score (nSPS) is 13.8. The number of ether oxygens (including phenoxy) is 3. The van der Waals surface area contributed by atoms with Gasteiger partial charge >= 0.3 is 5.97 Å². The SMILES string of the molecule is CCCCCCCCCCCCCCCCOCC(COC(=O)c1cccc(CN2[CH]N(C)C=C2)c1)OCC. The maximum atomic E-state index is 12.7. The molecule has 1 unspecified atom stereocenters. The van der Waals surface area contributed by atoms with Gasteiger partial charge in [-0.05, 0) is 31.0 Å². The zero-order chi connectivity index (χ0) is 28.0. The molecule has 0 amide bonds. The summed E-state index contributed by atoms with van der Waals surface area (Å²) in [6.07, 6.45) is 22.7. The molecule has 1 heterocycles. The summed E-state index contributed by atoms with van der Waals surface area (Å²) in [7, 11) is 1.99. The van der Waals surface area contributed by atoms with Crippen LogP contribution in [0.3, 0.4) is 0 Å². The van der Waals surface area contributed by atoms with Crippen molar-refractivity contribution >= 4 is 5.97 Å². The fourth-order valence-electron chi connectivity index (χ4n) is 4.85. The van der Waals surface area contributed by atoms with Crippen molar-refractivity contribution in [1.82, 2.24) is 9.80 Å². The van der Waals surface area contributed by atoms with Crippen LogP contribution < -0.4 is 0 Å². The predicted molar refractivity (Wildman–Crippen MR) is 160 cm³/mol. The maximum absolute atomic E-state index is 12.7. The molecule has 2 rings (SSSR count). The first-order valence-electron chi connectivity index (χ1n) is 15.6. The monoisotopic (exact) mass is 543 g/mol. The van der Waals surface area contributed by atoms with Crippen LogP contribution in [-0.4, -0.2) is 55.3 Å². The topological polar surface area (TPSA) is 51.2 Å². The molecule has 1 atom stereocenters. The maximum Gasteiger partial charge on any atom is 0.338 e. The van der Waals surface area contributed by atoms with Crippen LogP contribution in [0.1, 0.15) is 120 Å². The molecule has 6 nitrogen and oxygen atoms in total. The average Bonchev–Trinajstić information content (AvgIpc) is 3.35. The summed E-state index contributed by atoms with van der Waals surface area (Å²) >= 11 is 0. The minimum absolute atomic E-state index is 0.197. The molecule has 0 aromatic heterocycles. The Labute approximate surface area is 239 Å². The number of carbonyl (C=O) groups is 1. The highest BCUT2D eigenvalue weighted by atomic mass is 16.6. The molecule has 1 aliphatic rings. The van der Waals surface area contributed by atoms with Crippen LogP contribution in [-0.2, 0) is 20.8 Å². The lowest BCUT2D eigenvalue weighted by Gasteiger charge is -2.18. The number of hydrogen-bond donors (Lipinski definition) is 0. The fraction of sp³-hybridized carbons (Fsp3) is 0.697. The molecule has 0 saturated carbocycles. The zero-order valence-electron chi connectivity index (χ0n) is 25.1. The highest BCUT2D eigenvalue weighted by Gasteiger charge is 2.15. The van der Waals surface area contributed by atoms with E-state index in [1.807, 2.05) is 56.1 Å². The summed E-state index contributed by atoms with van der Waals surface area (Å²) in [5, 5.41) is 0. The molecular formula is C33H55N2O4. The van der Waals surface area contributed by atoms with Gasteiger partial charge in [-0.2, -0.15) is 0 Å². The van der Waals surface area contributed by atoms with E-state index in [9.17, 15) is 4.79 Å². The minimum atomic E-state index is -0.327. The van der Waals surface area contributed by atoms with Gasteiger partial charge in [0.05, 0.1) is 12.2 Å². The Hall–Kier alpha value is -2.05. The molecule has 0 N–H and O–H groups in total. The second kappa shape index (κ2) is 21.7. The molecule has 0 bridgehead atoms. The second-order valence-electron chi connectivity index (χ2n) is 10.8. The summed E-state index contributed by atoms with van der Waals surface area (Å²) in [5.74, 6) is -0.327. The molecule has 1 aliphatic heterocycles. The Bertz CT molecular complexity index is 785. The lowest BCUT2D eigenvalue weighted by Crippen LogP contribution is -2.27. The molecule has 221 valence electrons. The number of hydrogen-bond acceptors (Lipinski definition) is 6. The molecule has 1 aromatic carbocycles. The summed E-state index contributed by atoms with van der Waals surface area (Å²) in [6, 6.07) is 7.60. The third kappa shape index (κ3) is 16.0. The zero-order valence-corrected chi connectivity index (χ0v) is 25.1. The van der Waals surface area contributed by atoms with E-state index >= 15 is 0 Å². The summed E-state index contributed by atoms with van der Waals surface area (Å²) in [5.41, 5.74) is 1.61. The van der Waals surface area contributed by atoms with Gasteiger partial charge in [0.1, 0.15) is 19.4 Å². The van der Waals surface area contributed by atoms with E-state index < -0.39 is 0 Å². The quantitative estimate of drug-likeness (QED) is 0.0970. The van der Waals surface area contributed by atoms with E-state index in [-0.39, 0.29) is 18.7 Å². The van der Waals surface area contributed by atoms with Gasteiger partial charge in [0, 0.05) is 39.2 Å². The number of benzene rings is 1. The van der Waals surface area contributed by atoms with E-state index in [0.717, 1.165) is 18.6 Å². The summed E-state index contributed by atoms with van der Waals surface area (Å²) < 4.78 is 17.2. The predicted octanol–water partition coefficient (Wildman–Crippen LogP) is 8.08. The first kappa shape index (κ1) is 33.2. The minimum Gasteiger partial charge on any atom is -0.459 e. The van der Waals surface area contributed by atoms with Crippen molar-refractivity contribution < 1.29 is 19.0 Å². The van der Waals surface area contributed by atoms with Crippen molar-refractivity contribution in [2.75, 3.05) is 33.5 Å². The first-order valence-corrected chi connectivity index (χ1v) is 15.6. The van der Waals surface area contributed by atoms with Crippen molar-refractivity contribution in [3.05, 3.63) is 54.5 Å². The van der Waals surface area contributed by atoms with Crippen molar-refractivity contribution in [3.63, 3.8) is 0 Å². The lowest BCUT2D eigenvalue weighted by molar-refractivity contribution is -0.0465. The van der Waals surface area contributed by atoms with Gasteiger partial charge in [-0.25, -0.2) is 4.79 Å². The van der Waals surface area contributed by atoms with Crippen molar-refractivity contribution in [1.29, 1.82) is 0 Å². The van der Waals surface area contributed by atoms with Crippen LogP contribution in [0.5, 0.6) is 0 Å². The number of esters is 1. The Morgan fingerprint density at radius 3 is 2.05 bits per heavy atom. The van der Waals surface area contributed by atoms with Gasteiger partial charge in [0.25, 0.3) is 0 Å². The van der Waals surface area contributed by atoms with Crippen molar-refractivity contribution in [2.45, 2.75) is 116 Å². The standard InChI is InChI=1S/C33H55N2O4/c1-4-6-7-8-9-10-11-12-13-14-15-16-17-18-24-37-27-32(38-5-2)28-39-33(36)31-21-19-20-30(25-31)26-35-23-22-34(3)29-35/h19-23,25,29,32H,4-18,24,26-28H2,1-3H3. The number of unbranched alkanes of at least 4 members (excludes halogenated alkanes) is 13. The van der Waals surface area contributed by atoms with Crippen molar-refractivity contribution in [2.24, 2.45) is 0 Å². The Balaban J connectivity index is 1.49.